The standard InChI is InChI=1S/C21H21F2N7O/c1-31-15-4-2-3-13-17(15)27-21(25)30-20(13)28-19(29-30)12-7-11(8-12)14-6-5-10(9-26-14)16(24)18(22)23/h2-6,9,11-12,16,18H,7-8,24H2,1H3,(H2,25,27)/t11?,12?,16-/m1/s1. The molecule has 1 atom stereocenters. The van der Waals surface area contributed by atoms with E-state index in [4.69, 9.17) is 21.2 Å². The fourth-order valence-electron chi connectivity index (χ4n) is 4.05. The molecule has 0 radical (unpaired) electrons. The normalized spacial score (nSPS) is 19.6. The Kier molecular flexibility index (Phi) is 4.66. The first-order chi connectivity index (χ1) is 15.0. The molecule has 3 aromatic heterocycles. The molecule has 160 valence electrons. The third kappa shape index (κ3) is 3.23. The molecule has 8 nitrogen and oxygen atoms in total. The number of anilines is 1. The van der Waals surface area contributed by atoms with Gasteiger partial charge >= 0.3 is 0 Å². The molecule has 0 unspecified atom stereocenters. The number of nitrogens with zero attached hydrogens (tertiary/aromatic N) is 5. The van der Waals surface area contributed by atoms with Crippen molar-refractivity contribution in [3.8, 4) is 5.75 Å². The van der Waals surface area contributed by atoms with Gasteiger partial charge in [0.1, 0.15) is 11.3 Å². The van der Waals surface area contributed by atoms with Crippen molar-refractivity contribution in [1.29, 1.82) is 0 Å². The average molecular weight is 425 g/mol. The number of para-hydroxylation sites is 1. The SMILES string of the molecule is COc1cccc2c1nc(N)n1nc(C3CC(c4ccc([C@@H](N)C(F)F)cn4)C3)nc21. The van der Waals surface area contributed by atoms with Crippen LogP contribution in [0.25, 0.3) is 16.6 Å². The minimum absolute atomic E-state index is 0.162. The van der Waals surface area contributed by atoms with Gasteiger partial charge in [0, 0.05) is 29.1 Å². The summed E-state index contributed by atoms with van der Waals surface area (Å²) >= 11 is 0. The maximum absolute atomic E-state index is 12.8. The Bertz CT molecular complexity index is 1250. The van der Waals surface area contributed by atoms with E-state index in [2.05, 4.69) is 15.1 Å². The van der Waals surface area contributed by atoms with E-state index in [0.29, 0.717) is 28.3 Å². The van der Waals surface area contributed by atoms with Crippen LogP contribution < -0.4 is 16.2 Å². The van der Waals surface area contributed by atoms with E-state index >= 15 is 0 Å². The maximum Gasteiger partial charge on any atom is 0.257 e. The zero-order valence-corrected chi connectivity index (χ0v) is 16.7. The lowest BCUT2D eigenvalue weighted by Gasteiger charge is -2.33. The van der Waals surface area contributed by atoms with Gasteiger partial charge in [0.15, 0.2) is 11.5 Å². The molecule has 5 rings (SSSR count). The van der Waals surface area contributed by atoms with Crippen molar-refractivity contribution in [1.82, 2.24) is 24.6 Å². The van der Waals surface area contributed by atoms with Crippen LogP contribution in [0.15, 0.2) is 36.5 Å². The zero-order valence-electron chi connectivity index (χ0n) is 16.7. The van der Waals surface area contributed by atoms with Gasteiger partial charge in [-0.25, -0.2) is 18.7 Å². The predicted octanol–water partition coefficient (Wildman–Crippen LogP) is 3.19. The molecule has 1 aromatic carbocycles. The molecule has 0 aliphatic heterocycles. The highest BCUT2D eigenvalue weighted by Crippen LogP contribution is 2.46. The summed E-state index contributed by atoms with van der Waals surface area (Å²) in [5.74, 6) is 1.96. The van der Waals surface area contributed by atoms with Gasteiger partial charge in [-0.1, -0.05) is 12.1 Å². The van der Waals surface area contributed by atoms with Crippen molar-refractivity contribution in [2.75, 3.05) is 12.8 Å². The van der Waals surface area contributed by atoms with Crippen LogP contribution in [0.5, 0.6) is 5.75 Å². The summed E-state index contributed by atoms with van der Waals surface area (Å²) in [5.41, 5.74) is 14.1. The van der Waals surface area contributed by atoms with E-state index < -0.39 is 12.5 Å². The number of ether oxygens (including phenoxy) is 1. The molecule has 0 amide bonds. The second-order valence-corrected chi connectivity index (χ2v) is 7.77. The van der Waals surface area contributed by atoms with Gasteiger partial charge in [-0.2, -0.15) is 4.52 Å². The fourth-order valence-corrected chi connectivity index (χ4v) is 4.05. The van der Waals surface area contributed by atoms with Crippen LogP contribution in [0.4, 0.5) is 14.7 Å². The van der Waals surface area contributed by atoms with Gasteiger partial charge in [0.2, 0.25) is 5.95 Å². The van der Waals surface area contributed by atoms with Crippen molar-refractivity contribution in [2.45, 2.75) is 37.1 Å². The van der Waals surface area contributed by atoms with Crippen molar-refractivity contribution >= 4 is 22.5 Å². The van der Waals surface area contributed by atoms with E-state index in [0.717, 1.165) is 23.9 Å². The summed E-state index contributed by atoms with van der Waals surface area (Å²) in [6, 6.07) is 7.70. The molecule has 10 heteroatoms. The van der Waals surface area contributed by atoms with Crippen molar-refractivity contribution in [3.05, 3.63) is 53.6 Å². The second kappa shape index (κ2) is 7.38. The number of benzene rings is 1. The van der Waals surface area contributed by atoms with Crippen LogP contribution in [-0.2, 0) is 0 Å². The number of pyridine rings is 1. The molecule has 3 heterocycles. The quantitative estimate of drug-likeness (QED) is 0.504. The van der Waals surface area contributed by atoms with E-state index in [-0.39, 0.29) is 17.8 Å². The van der Waals surface area contributed by atoms with Crippen LogP contribution in [-0.4, -0.2) is 38.1 Å². The van der Waals surface area contributed by atoms with Gasteiger partial charge in [0.05, 0.1) is 13.2 Å². The molecule has 4 N–H and O–H groups in total. The molecule has 1 aliphatic carbocycles. The average Bonchev–Trinajstić information content (AvgIpc) is 3.18. The third-order valence-electron chi connectivity index (χ3n) is 5.91. The lowest BCUT2D eigenvalue weighted by molar-refractivity contribution is 0.116. The van der Waals surface area contributed by atoms with E-state index in [1.54, 1.807) is 23.8 Å². The molecule has 0 spiro atoms. The van der Waals surface area contributed by atoms with Gasteiger partial charge in [0.25, 0.3) is 6.43 Å². The van der Waals surface area contributed by atoms with Crippen LogP contribution in [0.2, 0.25) is 0 Å². The molecule has 1 aliphatic rings. The Morgan fingerprint density at radius 2 is 1.94 bits per heavy atom. The zero-order chi connectivity index (χ0) is 21.7. The number of rotatable bonds is 5. The Balaban J connectivity index is 1.38. The van der Waals surface area contributed by atoms with Gasteiger partial charge in [-0.3, -0.25) is 4.98 Å². The molecule has 31 heavy (non-hydrogen) atoms. The molecule has 4 aromatic rings. The number of fused-ring (bicyclic) bond motifs is 3. The molecular formula is C21H21F2N7O. The Labute approximate surface area is 176 Å². The van der Waals surface area contributed by atoms with E-state index in [9.17, 15) is 8.78 Å². The first kappa shape index (κ1) is 19.6. The molecule has 0 bridgehead atoms. The summed E-state index contributed by atoms with van der Waals surface area (Å²) in [6.45, 7) is 0. The number of hydrogen-bond acceptors (Lipinski definition) is 7. The second-order valence-electron chi connectivity index (χ2n) is 7.77. The number of methoxy groups -OCH3 is 1. The first-order valence-electron chi connectivity index (χ1n) is 9.94. The Hall–Kier alpha value is -3.40. The lowest BCUT2D eigenvalue weighted by atomic mass is 9.72. The van der Waals surface area contributed by atoms with Gasteiger partial charge in [-0.05, 0) is 36.6 Å². The number of alkyl halides is 2. The van der Waals surface area contributed by atoms with Crippen LogP contribution in [0.1, 0.15) is 47.8 Å². The summed E-state index contributed by atoms with van der Waals surface area (Å²) in [4.78, 5) is 13.5. The maximum atomic E-state index is 12.8. The molecule has 0 saturated heterocycles. The van der Waals surface area contributed by atoms with Gasteiger partial charge < -0.3 is 16.2 Å². The number of halogens is 2. The van der Waals surface area contributed by atoms with Crippen molar-refractivity contribution in [2.24, 2.45) is 5.73 Å². The lowest BCUT2D eigenvalue weighted by Crippen LogP contribution is -2.23. The highest BCUT2D eigenvalue weighted by molar-refractivity contribution is 5.95. The number of aromatic nitrogens is 5. The largest absolute Gasteiger partial charge is 0.494 e. The van der Waals surface area contributed by atoms with Gasteiger partial charge in [-0.15, -0.1) is 5.10 Å². The summed E-state index contributed by atoms with van der Waals surface area (Å²) in [7, 11) is 1.59. The first-order valence-corrected chi connectivity index (χ1v) is 9.94. The monoisotopic (exact) mass is 425 g/mol. The smallest absolute Gasteiger partial charge is 0.257 e. The number of hydrogen-bond donors (Lipinski definition) is 2. The fraction of sp³-hybridized carbons (Fsp3) is 0.333. The minimum Gasteiger partial charge on any atom is -0.494 e. The topological polar surface area (TPSA) is 117 Å². The van der Waals surface area contributed by atoms with Crippen molar-refractivity contribution < 1.29 is 13.5 Å². The summed E-state index contributed by atoms with van der Waals surface area (Å²) in [6.07, 6.45) is 0.464. The van der Waals surface area contributed by atoms with Crippen LogP contribution in [0.3, 0.4) is 0 Å². The number of nitrogens with two attached hydrogens (primary N) is 2. The van der Waals surface area contributed by atoms with Crippen molar-refractivity contribution in [3.63, 3.8) is 0 Å². The number of nitrogen functional groups attached to an aromatic ring is 1. The third-order valence-corrected chi connectivity index (χ3v) is 5.91. The van der Waals surface area contributed by atoms with Crippen LogP contribution >= 0.6 is 0 Å². The molecule has 1 fully saturated rings. The Morgan fingerprint density at radius 1 is 1.13 bits per heavy atom. The summed E-state index contributed by atoms with van der Waals surface area (Å²) < 4.78 is 32.5. The van der Waals surface area contributed by atoms with E-state index in [1.807, 2.05) is 18.2 Å². The Morgan fingerprint density at radius 3 is 2.61 bits per heavy atom. The molecular weight excluding hydrogens is 404 g/mol. The highest BCUT2D eigenvalue weighted by Gasteiger charge is 2.35. The molecule has 1 saturated carbocycles. The minimum atomic E-state index is -2.61. The highest BCUT2D eigenvalue weighted by atomic mass is 19.3. The summed E-state index contributed by atoms with van der Waals surface area (Å²) in [5, 5.41) is 5.40. The predicted molar refractivity (Wildman–Crippen MR) is 111 cm³/mol. The van der Waals surface area contributed by atoms with Crippen LogP contribution in [0, 0.1) is 0 Å². The van der Waals surface area contributed by atoms with E-state index in [1.165, 1.54) is 6.20 Å².